The zero-order valence-electron chi connectivity index (χ0n) is 13.9. The van der Waals surface area contributed by atoms with Crippen molar-refractivity contribution in [2.24, 2.45) is 7.05 Å². The van der Waals surface area contributed by atoms with E-state index in [-0.39, 0.29) is 0 Å². The fraction of sp³-hybridized carbons (Fsp3) is 0.421. The van der Waals surface area contributed by atoms with Crippen molar-refractivity contribution in [1.29, 1.82) is 0 Å². The van der Waals surface area contributed by atoms with Gasteiger partial charge in [-0.3, -0.25) is 4.90 Å². The van der Waals surface area contributed by atoms with Gasteiger partial charge in [0.15, 0.2) is 0 Å². The van der Waals surface area contributed by atoms with E-state index in [0.717, 1.165) is 18.8 Å². The van der Waals surface area contributed by atoms with Crippen LogP contribution in [-0.4, -0.2) is 32.5 Å². The highest BCUT2D eigenvalue weighted by atomic mass is 15.1. The third-order valence-electron chi connectivity index (χ3n) is 4.98. The molecule has 23 heavy (non-hydrogen) atoms. The number of piperidine rings is 1. The van der Waals surface area contributed by atoms with Crippen LogP contribution in [0.1, 0.15) is 35.8 Å². The summed E-state index contributed by atoms with van der Waals surface area (Å²) in [6.45, 7) is 5.39. The minimum absolute atomic E-state index is 0.549. The summed E-state index contributed by atoms with van der Waals surface area (Å²) in [5.41, 5.74) is 3.77. The molecule has 1 aliphatic heterocycles. The lowest BCUT2D eigenvalue weighted by molar-refractivity contribution is 0.196. The monoisotopic (exact) mass is 308 g/mol. The Balaban J connectivity index is 1.53. The number of hydrogen-bond donors (Lipinski definition) is 1. The summed E-state index contributed by atoms with van der Waals surface area (Å²) in [5, 5.41) is 1.35. The molecule has 4 heteroatoms. The Morgan fingerprint density at radius 3 is 3.04 bits per heavy atom. The summed E-state index contributed by atoms with van der Waals surface area (Å²) in [6.07, 6.45) is 6.66. The number of hydrogen-bond acceptors (Lipinski definition) is 2. The van der Waals surface area contributed by atoms with Crippen LogP contribution in [0.3, 0.4) is 0 Å². The van der Waals surface area contributed by atoms with Crippen molar-refractivity contribution in [3.8, 4) is 0 Å². The molecule has 0 amide bonds. The molecule has 0 aliphatic carbocycles. The van der Waals surface area contributed by atoms with Crippen LogP contribution in [0.25, 0.3) is 10.9 Å². The summed E-state index contributed by atoms with van der Waals surface area (Å²) in [4.78, 5) is 10.6. The van der Waals surface area contributed by atoms with Gasteiger partial charge >= 0.3 is 0 Å². The van der Waals surface area contributed by atoms with E-state index in [4.69, 9.17) is 4.98 Å². The molecule has 0 bridgehead atoms. The Morgan fingerprint density at radius 1 is 1.30 bits per heavy atom. The van der Waals surface area contributed by atoms with E-state index < -0.39 is 0 Å². The molecule has 3 heterocycles. The Morgan fingerprint density at radius 2 is 2.22 bits per heavy atom. The van der Waals surface area contributed by atoms with E-state index in [1.165, 1.54) is 41.7 Å². The van der Waals surface area contributed by atoms with Gasteiger partial charge in [-0.2, -0.15) is 0 Å². The van der Waals surface area contributed by atoms with Gasteiger partial charge in [-0.1, -0.05) is 12.1 Å². The number of aromatic amines is 1. The number of imidazole rings is 1. The Hall–Kier alpha value is -2.07. The van der Waals surface area contributed by atoms with Crippen LogP contribution in [0.15, 0.2) is 36.7 Å². The maximum atomic E-state index is 4.75. The predicted octanol–water partition coefficient (Wildman–Crippen LogP) is 3.59. The van der Waals surface area contributed by atoms with Crippen molar-refractivity contribution < 1.29 is 0 Å². The zero-order chi connectivity index (χ0) is 15.8. The second kappa shape index (κ2) is 5.85. The van der Waals surface area contributed by atoms with Crippen LogP contribution >= 0.6 is 0 Å². The summed E-state index contributed by atoms with van der Waals surface area (Å²) < 4.78 is 2.20. The van der Waals surface area contributed by atoms with Crippen LogP contribution < -0.4 is 0 Å². The maximum Gasteiger partial charge on any atom is 0.113 e. The number of aromatic nitrogens is 3. The average molecular weight is 308 g/mol. The molecule has 1 atom stereocenters. The Labute approximate surface area is 137 Å². The number of H-pyrrole nitrogens is 1. The maximum absolute atomic E-state index is 4.75. The summed E-state index contributed by atoms with van der Waals surface area (Å²) in [6, 6.07) is 8.74. The Bertz CT molecular complexity index is 814. The topological polar surface area (TPSA) is 36.9 Å². The third-order valence-corrected chi connectivity index (χ3v) is 4.98. The fourth-order valence-electron chi connectivity index (χ4n) is 3.95. The average Bonchev–Trinajstić information content (AvgIpc) is 3.14. The molecular formula is C19H24N4. The second-order valence-corrected chi connectivity index (χ2v) is 6.78. The normalized spacial score (nSPS) is 19.5. The zero-order valence-corrected chi connectivity index (χ0v) is 13.9. The molecular weight excluding hydrogens is 284 g/mol. The van der Waals surface area contributed by atoms with E-state index in [0.29, 0.717) is 5.92 Å². The molecule has 1 saturated heterocycles. The van der Waals surface area contributed by atoms with E-state index >= 15 is 0 Å². The summed E-state index contributed by atoms with van der Waals surface area (Å²) in [5.74, 6) is 1.79. The standard InChI is InChI=1S/C19H24N4/c1-14-11-22(2)19(21-14)16-6-4-10-23(13-16)12-15-5-3-7-18-17(15)8-9-20-18/h3,5,7-9,11,16,20H,4,6,10,12-13H2,1-2H3/t16-/m1/s1. The molecule has 4 rings (SSSR count). The highest BCUT2D eigenvalue weighted by Crippen LogP contribution is 2.28. The number of nitrogens with zero attached hydrogens (tertiary/aromatic N) is 3. The number of nitrogens with one attached hydrogen (secondary N) is 1. The van der Waals surface area contributed by atoms with Gasteiger partial charge < -0.3 is 9.55 Å². The highest BCUT2D eigenvalue weighted by Gasteiger charge is 2.24. The predicted molar refractivity (Wildman–Crippen MR) is 93.5 cm³/mol. The third kappa shape index (κ3) is 2.79. The number of fused-ring (bicyclic) bond motifs is 1. The molecule has 0 radical (unpaired) electrons. The first-order valence-electron chi connectivity index (χ1n) is 8.48. The number of aryl methyl sites for hydroxylation is 2. The minimum Gasteiger partial charge on any atom is -0.361 e. The van der Waals surface area contributed by atoms with Gasteiger partial charge in [-0.15, -0.1) is 0 Å². The van der Waals surface area contributed by atoms with Crippen LogP contribution in [0, 0.1) is 6.92 Å². The van der Waals surface area contributed by atoms with E-state index in [1.54, 1.807) is 0 Å². The fourth-order valence-corrected chi connectivity index (χ4v) is 3.95. The first-order valence-corrected chi connectivity index (χ1v) is 8.48. The van der Waals surface area contributed by atoms with Gasteiger partial charge in [-0.25, -0.2) is 4.98 Å². The largest absolute Gasteiger partial charge is 0.361 e. The lowest BCUT2D eigenvalue weighted by Gasteiger charge is -2.32. The molecule has 1 N–H and O–H groups in total. The highest BCUT2D eigenvalue weighted by molar-refractivity contribution is 5.82. The van der Waals surface area contributed by atoms with Crippen molar-refractivity contribution in [1.82, 2.24) is 19.4 Å². The van der Waals surface area contributed by atoms with Gasteiger partial charge in [0.05, 0.1) is 5.69 Å². The molecule has 3 aromatic rings. The number of benzene rings is 1. The summed E-state index contributed by atoms with van der Waals surface area (Å²) >= 11 is 0. The Kier molecular flexibility index (Phi) is 3.69. The van der Waals surface area contributed by atoms with Crippen LogP contribution in [0.2, 0.25) is 0 Å². The smallest absolute Gasteiger partial charge is 0.113 e. The number of rotatable bonds is 3. The molecule has 0 spiro atoms. The molecule has 2 aromatic heterocycles. The van der Waals surface area contributed by atoms with Crippen molar-refractivity contribution in [2.45, 2.75) is 32.2 Å². The molecule has 1 aliphatic rings. The minimum atomic E-state index is 0.549. The molecule has 1 fully saturated rings. The van der Waals surface area contributed by atoms with Gasteiger partial charge in [0.2, 0.25) is 0 Å². The van der Waals surface area contributed by atoms with E-state index in [2.05, 4.69) is 58.9 Å². The van der Waals surface area contributed by atoms with Crippen LogP contribution in [0.5, 0.6) is 0 Å². The van der Waals surface area contributed by atoms with E-state index in [1.807, 2.05) is 6.20 Å². The molecule has 0 unspecified atom stereocenters. The first-order chi connectivity index (χ1) is 11.2. The van der Waals surface area contributed by atoms with Gasteiger partial charge in [0.1, 0.15) is 5.82 Å². The SMILES string of the molecule is Cc1cn(C)c([C@@H]2CCCN(Cc3cccc4[nH]ccc34)C2)n1. The van der Waals surface area contributed by atoms with E-state index in [9.17, 15) is 0 Å². The quantitative estimate of drug-likeness (QED) is 0.803. The lowest BCUT2D eigenvalue weighted by atomic mass is 9.96. The molecule has 0 saturated carbocycles. The molecule has 4 nitrogen and oxygen atoms in total. The molecule has 120 valence electrons. The lowest BCUT2D eigenvalue weighted by Crippen LogP contribution is -2.34. The second-order valence-electron chi connectivity index (χ2n) is 6.78. The van der Waals surface area contributed by atoms with Crippen LogP contribution in [-0.2, 0) is 13.6 Å². The van der Waals surface area contributed by atoms with Crippen molar-refractivity contribution >= 4 is 10.9 Å². The summed E-state index contributed by atoms with van der Waals surface area (Å²) in [7, 11) is 2.12. The first kappa shape index (κ1) is 14.5. The van der Waals surface area contributed by atoms with Crippen LogP contribution in [0.4, 0.5) is 0 Å². The number of likely N-dealkylation sites (tertiary alicyclic amines) is 1. The van der Waals surface area contributed by atoms with Crippen molar-refractivity contribution in [3.63, 3.8) is 0 Å². The van der Waals surface area contributed by atoms with Gasteiger partial charge in [-0.05, 0) is 44.0 Å². The van der Waals surface area contributed by atoms with Crippen molar-refractivity contribution in [3.05, 3.63) is 53.7 Å². The van der Waals surface area contributed by atoms with Gasteiger partial charge in [0.25, 0.3) is 0 Å². The van der Waals surface area contributed by atoms with Gasteiger partial charge in [0, 0.05) is 49.4 Å². The molecule has 1 aromatic carbocycles. The van der Waals surface area contributed by atoms with Crippen molar-refractivity contribution in [2.75, 3.05) is 13.1 Å².